The highest BCUT2D eigenvalue weighted by molar-refractivity contribution is 8.04. The van der Waals surface area contributed by atoms with Crippen LogP contribution >= 0.6 is 23.5 Å². The molecule has 0 aliphatic carbocycles. The Labute approximate surface area is 168 Å². The molecule has 0 radical (unpaired) electrons. The largest absolute Gasteiger partial charge is 0.504 e. The second kappa shape index (κ2) is 9.24. The van der Waals surface area contributed by atoms with Crippen LogP contribution in [0, 0.1) is 0 Å². The Morgan fingerprint density at radius 3 is 2.81 bits per heavy atom. The van der Waals surface area contributed by atoms with Crippen LogP contribution in [0.1, 0.15) is 18.1 Å². The molecule has 0 atom stereocenters. The maximum absolute atomic E-state index is 12.4. The molecule has 1 aliphatic heterocycles. The van der Waals surface area contributed by atoms with Gasteiger partial charge in [0.05, 0.1) is 11.5 Å². The van der Waals surface area contributed by atoms with Crippen LogP contribution in [0.3, 0.4) is 0 Å². The standard InChI is InChI=1S/C21H23NO3S2/c1-3-25-18-12-15(13-19-21(24)22(2)9-10-26-19)11-16(20(18)23)14-27-17-7-5-4-6-8-17/h4-8,11-13,23H,3,9-10,14H2,1-2H3/b19-13-. The van der Waals surface area contributed by atoms with Crippen LogP contribution in [-0.2, 0) is 10.5 Å². The first-order valence-electron chi connectivity index (χ1n) is 8.85. The van der Waals surface area contributed by atoms with Gasteiger partial charge in [-0.05, 0) is 42.8 Å². The van der Waals surface area contributed by atoms with Crippen molar-refractivity contribution in [2.45, 2.75) is 17.6 Å². The Morgan fingerprint density at radius 1 is 1.30 bits per heavy atom. The minimum Gasteiger partial charge on any atom is -0.504 e. The van der Waals surface area contributed by atoms with Crippen molar-refractivity contribution >= 4 is 35.5 Å². The lowest BCUT2D eigenvalue weighted by molar-refractivity contribution is -0.125. The summed E-state index contributed by atoms with van der Waals surface area (Å²) in [6.07, 6.45) is 1.89. The Hall–Kier alpha value is -2.05. The number of nitrogens with zero attached hydrogens (tertiary/aromatic N) is 1. The predicted molar refractivity (Wildman–Crippen MR) is 113 cm³/mol. The first-order valence-corrected chi connectivity index (χ1v) is 10.8. The molecule has 1 fully saturated rings. The van der Waals surface area contributed by atoms with Crippen molar-refractivity contribution in [2.24, 2.45) is 0 Å². The fraction of sp³-hybridized carbons (Fsp3) is 0.286. The molecule has 1 N–H and O–H groups in total. The Bertz CT molecular complexity index is 837. The van der Waals surface area contributed by atoms with E-state index in [0.717, 1.165) is 33.2 Å². The van der Waals surface area contributed by atoms with E-state index in [1.165, 1.54) is 0 Å². The number of aromatic hydroxyl groups is 1. The van der Waals surface area contributed by atoms with E-state index in [0.29, 0.717) is 18.1 Å². The number of hydrogen-bond acceptors (Lipinski definition) is 5. The molecule has 1 saturated heterocycles. The monoisotopic (exact) mass is 401 g/mol. The summed E-state index contributed by atoms with van der Waals surface area (Å²) in [5.74, 6) is 2.17. The SMILES string of the molecule is CCOc1cc(/C=C2\SCCN(C)C2=O)cc(CSc2ccccc2)c1O. The van der Waals surface area contributed by atoms with Crippen LogP contribution in [0.25, 0.3) is 6.08 Å². The van der Waals surface area contributed by atoms with E-state index in [2.05, 4.69) is 0 Å². The lowest BCUT2D eigenvalue weighted by Crippen LogP contribution is -2.33. The average Bonchev–Trinajstić information content (AvgIpc) is 2.68. The summed E-state index contributed by atoms with van der Waals surface area (Å²) in [6, 6.07) is 13.8. The Morgan fingerprint density at radius 2 is 2.07 bits per heavy atom. The van der Waals surface area contributed by atoms with Crippen LogP contribution in [0.2, 0.25) is 0 Å². The molecule has 0 saturated carbocycles. The fourth-order valence-corrected chi connectivity index (χ4v) is 4.70. The number of hydrogen-bond donors (Lipinski definition) is 1. The van der Waals surface area contributed by atoms with Gasteiger partial charge in [-0.15, -0.1) is 23.5 Å². The number of phenolic OH excluding ortho intramolecular Hbond substituents is 1. The van der Waals surface area contributed by atoms with Crippen LogP contribution in [0.15, 0.2) is 52.3 Å². The Kier molecular flexibility index (Phi) is 6.74. The molecule has 27 heavy (non-hydrogen) atoms. The minimum absolute atomic E-state index is 0.0393. The van der Waals surface area contributed by atoms with Crippen molar-refractivity contribution in [1.82, 2.24) is 4.90 Å². The zero-order chi connectivity index (χ0) is 19.2. The van der Waals surface area contributed by atoms with Gasteiger partial charge in [-0.1, -0.05) is 18.2 Å². The fourth-order valence-electron chi connectivity index (χ4n) is 2.72. The molecule has 1 amide bonds. The number of amides is 1. The topological polar surface area (TPSA) is 49.8 Å². The molecule has 0 unspecified atom stereocenters. The first kappa shape index (κ1) is 19.7. The summed E-state index contributed by atoms with van der Waals surface area (Å²) in [6.45, 7) is 3.12. The molecule has 1 heterocycles. The number of carbonyl (C=O) groups excluding carboxylic acids is 1. The second-order valence-electron chi connectivity index (χ2n) is 6.15. The maximum Gasteiger partial charge on any atom is 0.260 e. The number of carbonyl (C=O) groups is 1. The zero-order valence-electron chi connectivity index (χ0n) is 15.5. The Balaban J connectivity index is 1.89. The number of likely N-dealkylation sites (N-methyl/N-ethyl adjacent to an activating group) is 1. The van der Waals surface area contributed by atoms with E-state index in [-0.39, 0.29) is 11.7 Å². The van der Waals surface area contributed by atoms with E-state index >= 15 is 0 Å². The summed E-state index contributed by atoms with van der Waals surface area (Å²) in [7, 11) is 1.82. The van der Waals surface area contributed by atoms with Gasteiger partial charge < -0.3 is 14.7 Å². The molecule has 142 valence electrons. The summed E-state index contributed by atoms with van der Waals surface area (Å²) in [5.41, 5.74) is 1.66. The molecule has 1 aliphatic rings. The minimum atomic E-state index is 0.0393. The van der Waals surface area contributed by atoms with Crippen LogP contribution in [0.4, 0.5) is 0 Å². The van der Waals surface area contributed by atoms with Crippen molar-refractivity contribution in [3.05, 3.63) is 58.5 Å². The van der Waals surface area contributed by atoms with E-state index in [9.17, 15) is 9.90 Å². The highest BCUT2D eigenvalue weighted by Gasteiger charge is 2.21. The van der Waals surface area contributed by atoms with Gasteiger partial charge in [0.1, 0.15) is 0 Å². The predicted octanol–water partition coefficient (Wildman–Crippen LogP) is 4.63. The van der Waals surface area contributed by atoms with Gasteiger partial charge >= 0.3 is 0 Å². The van der Waals surface area contributed by atoms with Crippen molar-refractivity contribution in [2.75, 3.05) is 26.0 Å². The number of phenols is 1. The number of thioether (sulfide) groups is 2. The second-order valence-corrected chi connectivity index (χ2v) is 8.33. The highest BCUT2D eigenvalue weighted by atomic mass is 32.2. The van der Waals surface area contributed by atoms with Gasteiger partial charge in [0.25, 0.3) is 5.91 Å². The van der Waals surface area contributed by atoms with Crippen molar-refractivity contribution in [3.63, 3.8) is 0 Å². The maximum atomic E-state index is 12.4. The van der Waals surface area contributed by atoms with Crippen LogP contribution in [-0.4, -0.2) is 41.9 Å². The van der Waals surface area contributed by atoms with Gasteiger partial charge in [-0.2, -0.15) is 0 Å². The summed E-state index contributed by atoms with van der Waals surface area (Å²) < 4.78 is 5.62. The summed E-state index contributed by atoms with van der Waals surface area (Å²) in [4.78, 5) is 15.9. The first-order chi connectivity index (χ1) is 13.1. The normalized spacial score (nSPS) is 16.0. The lowest BCUT2D eigenvalue weighted by Gasteiger charge is -2.23. The van der Waals surface area contributed by atoms with Gasteiger partial charge in [-0.25, -0.2) is 0 Å². The number of rotatable bonds is 6. The molecule has 4 nitrogen and oxygen atoms in total. The molecular formula is C21H23NO3S2. The van der Waals surface area contributed by atoms with E-state index in [4.69, 9.17) is 4.74 Å². The van der Waals surface area contributed by atoms with Gasteiger partial charge in [-0.3, -0.25) is 4.79 Å². The van der Waals surface area contributed by atoms with Crippen LogP contribution < -0.4 is 4.74 Å². The quantitative estimate of drug-likeness (QED) is 0.565. The molecule has 0 spiro atoms. The smallest absolute Gasteiger partial charge is 0.260 e. The lowest BCUT2D eigenvalue weighted by atomic mass is 10.1. The third kappa shape index (κ3) is 5.02. The van der Waals surface area contributed by atoms with E-state index in [1.807, 2.05) is 56.4 Å². The zero-order valence-corrected chi connectivity index (χ0v) is 17.1. The molecule has 3 rings (SSSR count). The van der Waals surface area contributed by atoms with Gasteiger partial charge in [0, 0.05) is 35.6 Å². The van der Waals surface area contributed by atoms with Crippen molar-refractivity contribution in [1.29, 1.82) is 0 Å². The van der Waals surface area contributed by atoms with Crippen molar-refractivity contribution in [3.8, 4) is 11.5 Å². The summed E-state index contributed by atoms with van der Waals surface area (Å²) in [5, 5.41) is 10.6. The van der Waals surface area contributed by atoms with E-state index in [1.54, 1.807) is 34.5 Å². The third-order valence-electron chi connectivity index (χ3n) is 4.15. The van der Waals surface area contributed by atoms with Crippen molar-refractivity contribution < 1.29 is 14.6 Å². The molecule has 0 aromatic heterocycles. The molecule has 2 aromatic rings. The molecule has 2 aromatic carbocycles. The highest BCUT2D eigenvalue weighted by Crippen LogP contribution is 2.37. The summed E-state index contributed by atoms with van der Waals surface area (Å²) >= 11 is 3.22. The number of ether oxygens (including phenoxy) is 1. The van der Waals surface area contributed by atoms with Crippen LogP contribution in [0.5, 0.6) is 11.5 Å². The molecule has 0 bridgehead atoms. The number of benzene rings is 2. The molecular weight excluding hydrogens is 378 g/mol. The average molecular weight is 402 g/mol. The van der Waals surface area contributed by atoms with Gasteiger partial charge in [0.15, 0.2) is 11.5 Å². The van der Waals surface area contributed by atoms with Gasteiger partial charge in [0.2, 0.25) is 0 Å². The third-order valence-corrected chi connectivity index (χ3v) is 6.20. The molecule has 6 heteroatoms. The van der Waals surface area contributed by atoms with E-state index < -0.39 is 0 Å².